The summed E-state index contributed by atoms with van der Waals surface area (Å²) in [5.41, 5.74) is 5.37. The van der Waals surface area contributed by atoms with Crippen molar-refractivity contribution >= 4 is 10.9 Å². The number of para-hydroxylation sites is 1. The average Bonchev–Trinajstić information content (AvgIpc) is 3.42. The van der Waals surface area contributed by atoms with Gasteiger partial charge >= 0.3 is 0 Å². The Morgan fingerprint density at radius 3 is 2.26 bits per heavy atom. The van der Waals surface area contributed by atoms with Gasteiger partial charge in [-0.15, -0.1) is 0 Å². The van der Waals surface area contributed by atoms with Gasteiger partial charge in [-0.25, -0.2) is 0 Å². The Morgan fingerprint density at radius 1 is 0.853 bits per heavy atom. The molecule has 7 nitrogen and oxygen atoms in total. The number of fused-ring (bicyclic) bond motifs is 1. The number of hydrogen-bond acceptors (Lipinski definition) is 3. The maximum atomic E-state index is 13.0. The zero-order valence-corrected chi connectivity index (χ0v) is 19.8. The minimum atomic E-state index is -0.162. The molecule has 0 radical (unpaired) electrons. The van der Waals surface area contributed by atoms with Gasteiger partial charge in [-0.05, 0) is 37.1 Å². The lowest BCUT2D eigenvalue weighted by Crippen LogP contribution is -2.18. The molecule has 4 aromatic heterocycles. The van der Waals surface area contributed by atoms with E-state index < -0.39 is 0 Å². The van der Waals surface area contributed by atoms with Crippen molar-refractivity contribution in [3.63, 3.8) is 0 Å². The van der Waals surface area contributed by atoms with Crippen LogP contribution in [-0.2, 0) is 21.1 Å². The standard InChI is InChI=1S/C27H26N4O3/c1-16-7-6-8-17(2)26(16)34-23-15-30(4)24(32)12-19(23)21-14-31(5)27(33)25-20(21)11-22(28-25)18-9-10-29(3)13-18/h6-15,28H,1-5H3. The van der Waals surface area contributed by atoms with Gasteiger partial charge < -0.3 is 23.4 Å². The molecule has 172 valence electrons. The molecule has 5 aromatic rings. The Kier molecular flexibility index (Phi) is 5.05. The van der Waals surface area contributed by atoms with Gasteiger partial charge in [0.1, 0.15) is 11.3 Å². The Hall–Kier alpha value is -4.26. The number of hydrogen-bond donors (Lipinski definition) is 1. The van der Waals surface area contributed by atoms with E-state index in [2.05, 4.69) is 4.98 Å². The summed E-state index contributed by atoms with van der Waals surface area (Å²) in [5, 5.41) is 0.738. The fraction of sp³-hybridized carbons (Fsp3) is 0.185. The van der Waals surface area contributed by atoms with Crippen LogP contribution in [0.15, 0.2) is 70.8 Å². The molecule has 0 aliphatic heterocycles. The van der Waals surface area contributed by atoms with Gasteiger partial charge in [-0.3, -0.25) is 9.59 Å². The highest BCUT2D eigenvalue weighted by atomic mass is 16.5. The van der Waals surface area contributed by atoms with Gasteiger partial charge in [0.05, 0.1) is 6.20 Å². The first kappa shape index (κ1) is 21.6. The van der Waals surface area contributed by atoms with Gasteiger partial charge in [-0.1, -0.05) is 18.2 Å². The molecule has 0 amide bonds. The highest BCUT2D eigenvalue weighted by Gasteiger charge is 2.19. The van der Waals surface area contributed by atoms with Gasteiger partial charge in [0.25, 0.3) is 11.1 Å². The third-order valence-electron chi connectivity index (χ3n) is 6.21. The Labute approximate surface area is 196 Å². The van der Waals surface area contributed by atoms with Gasteiger partial charge in [0, 0.05) is 73.6 Å². The number of ether oxygens (including phenoxy) is 1. The zero-order valence-electron chi connectivity index (χ0n) is 19.8. The van der Waals surface area contributed by atoms with Crippen LogP contribution in [0.1, 0.15) is 11.1 Å². The van der Waals surface area contributed by atoms with Crippen LogP contribution in [0.3, 0.4) is 0 Å². The van der Waals surface area contributed by atoms with Crippen LogP contribution >= 0.6 is 0 Å². The highest BCUT2D eigenvalue weighted by Crippen LogP contribution is 2.38. The van der Waals surface area contributed by atoms with E-state index in [1.165, 1.54) is 9.13 Å². The lowest BCUT2D eigenvalue weighted by atomic mass is 10.0. The third kappa shape index (κ3) is 3.55. The number of rotatable bonds is 4. The van der Waals surface area contributed by atoms with Crippen LogP contribution in [0.5, 0.6) is 11.5 Å². The molecule has 1 N–H and O–H groups in total. The van der Waals surface area contributed by atoms with Crippen LogP contribution in [0.2, 0.25) is 0 Å². The topological polar surface area (TPSA) is 73.9 Å². The second-order valence-electron chi connectivity index (χ2n) is 8.82. The Balaban J connectivity index is 1.77. The van der Waals surface area contributed by atoms with Crippen LogP contribution in [-0.4, -0.2) is 18.7 Å². The van der Waals surface area contributed by atoms with Crippen molar-refractivity contribution in [2.24, 2.45) is 21.1 Å². The summed E-state index contributed by atoms with van der Waals surface area (Å²) in [6.45, 7) is 3.99. The van der Waals surface area contributed by atoms with Crippen LogP contribution in [0.4, 0.5) is 0 Å². The number of aromatic amines is 1. The Morgan fingerprint density at radius 2 is 1.59 bits per heavy atom. The molecular formula is C27H26N4O3. The molecule has 0 aliphatic carbocycles. The summed E-state index contributed by atoms with van der Waals surface area (Å²) in [5.74, 6) is 1.30. The first-order valence-corrected chi connectivity index (χ1v) is 11.0. The molecule has 0 unspecified atom stereocenters. The molecule has 7 heteroatoms. The maximum Gasteiger partial charge on any atom is 0.274 e. The molecule has 0 aliphatic rings. The molecule has 34 heavy (non-hydrogen) atoms. The molecule has 0 spiro atoms. The predicted octanol–water partition coefficient (Wildman–Crippen LogP) is 4.65. The minimum Gasteiger partial charge on any atom is -0.455 e. The molecule has 0 saturated heterocycles. The van der Waals surface area contributed by atoms with E-state index in [4.69, 9.17) is 4.74 Å². The molecule has 0 atom stereocenters. The molecular weight excluding hydrogens is 428 g/mol. The minimum absolute atomic E-state index is 0.137. The monoisotopic (exact) mass is 454 g/mol. The molecule has 0 bridgehead atoms. The Bertz CT molecular complexity index is 1660. The fourth-order valence-corrected chi connectivity index (χ4v) is 4.33. The lowest BCUT2D eigenvalue weighted by Gasteiger charge is -2.17. The molecule has 1 aromatic carbocycles. The summed E-state index contributed by atoms with van der Waals surface area (Å²) in [7, 11) is 5.36. The van der Waals surface area contributed by atoms with E-state index in [0.717, 1.165) is 39.1 Å². The SMILES string of the molecule is Cc1cccc(C)c1Oc1cn(C)c(=O)cc1-c1cn(C)c(=O)c2[nH]c(-c3ccn(C)c3)cc12. The predicted molar refractivity (Wildman–Crippen MR) is 135 cm³/mol. The summed E-state index contributed by atoms with van der Waals surface area (Å²) in [6.07, 6.45) is 7.41. The van der Waals surface area contributed by atoms with E-state index >= 15 is 0 Å². The van der Waals surface area contributed by atoms with Crippen molar-refractivity contribution < 1.29 is 4.74 Å². The van der Waals surface area contributed by atoms with E-state index in [9.17, 15) is 9.59 Å². The normalized spacial score (nSPS) is 11.3. The number of aryl methyl sites for hydroxylation is 5. The number of aromatic nitrogens is 4. The third-order valence-corrected chi connectivity index (χ3v) is 6.21. The van der Waals surface area contributed by atoms with Crippen LogP contribution < -0.4 is 15.9 Å². The largest absolute Gasteiger partial charge is 0.455 e. The second-order valence-corrected chi connectivity index (χ2v) is 8.82. The van der Waals surface area contributed by atoms with Crippen molar-refractivity contribution in [1.29, 1.82) is 0 Å². The van der Waals surface area contributed by atoms with Crippen molar-refractivity contribution in [2.45, 2.75) is 13.8 Å². The summed E-state index contributed by atoms with van der Waals surface area (Å²) < 4.78 is 11.4. The van der Waals surface area contributed by atoms with Crippen molar-refractivity contribution in [1.82, 2.24) is 18.7 Å². The fourth-order valence-electron chi connectivity index (χ4n) is 4.33. The van der Waals surface area contributed by atoms with Crippen molar-refractivity contribution in [3.05, 3.63) is 93.0 Å². The first-order chi connectivity index (χ1) is 16.2. The van der Waals surface area contributed by atoms with E-state index in [1.807, 2.05) is 68.2 Å². The molecule has 5 rings (SSSR count). The van der Waals surface area contributed by atoms with Crippen LogP contribution in [0.25, 0.3) is 33.3 Å². The number of benzene rings is 1. The number of nitrogens with zero attached hydrogens (tertiary/aromatic N) is 3. The van der Waals surface area contributed by atoms with Gasteiger partial charge in [0.2, 0.25) is 0 Å². The van der Waals surface area contributed by atoms with Crippen LogP contribution in [0, 0.1) is 13.8 Å². The highest BCUT2D eigenvalue weighted by molar-refractivity contribution is 5.98. The maximum absolute atomic E-state index is 13.0. The second kappa shape index (κ2) is 7.95. The lowest BCUT2D eigenvalue weighted by molar-refractivity contribution is 0.470. The first-order valence-electron chi connectivity index (χ1n) is 11.0. The van der Waals surface area contributed by atoms with E-state index in [-0.39, 0.29) is 11.1 Å². The number of nitrogens with one attached hydrogen (secondary N) is 1. The summed E-state index contributed by atoms with van der Waals surface area (Å²) >= 11 is 0. The van der Waals surface area contributed by atoms with Crippen molar-refractivity contribution in [3.8, 4) is 33.9 Å². The van der Waals surface area contributed by atoms with Gasteiger partial charge in [-0.2, -0.15) is 0 Å². The average molecular weight is 455 g/mol. The zero-order chi connectivity index (χ0) is 24.1. The van der Waals surface area contributed by atoms with E-state index in [1.54, 1.807) is 32.6 Å². The summed E-state index contributed by atoms with van der Waals surface area (Å²) in [4.78, 5) is 29.0. The number of H-pyrrole nitrogens is 1. The smallest absolute Gasteiger partial charge is 0.274 e. The summed E-state index contributed by atoms with van der Waals surface area (Å²) in [6, 6.07) is 11.5. The van der Waals surface area contributed by atoms with Gasteiger partial charge in [0.15, 0.2) is 5.75 Å². The quantitative estimate of drug-likeness (QED) is 0.430. The molecule has 0 saturated carbocycles. The number of pyridine rings is 2. The van der Waals surface area contributed by atoms with Crippen molar-refractivity contribution in [2.75, 3.05) is 0 Å². The van der Waals surface area contributed by atoms with E-state index in [0.29, 0.717) is 16.8 Å². The molecule has 0 fully saturated rings. The molecule has 4 heterocycles.